The van der Waals surface area contributed by atoms with E-state index in [1.165, 1.54) is 17.4 Å². The average molecular weight is 367 g/mol. The van der Waals surface area contributed by atoms with Gasteiger partial charge in [0.1, 0.15) is 11.4 Å². The highest BCUT2D eigenvalue weighted by Gasteiger charge is 2.19. The van der Waals surface area contributed by atoms with Gasteiger partial charge in [-0.15, -0.1) is 11.3 Å². The Morgan fingerprint density at radius 3 is 2.96 bits per heavy atom. The van der Waals surface area contributed by atoms with Crippen molar-refractivity contribution in [2.24, 2.45) is 0 Å². The van der Waals surface area contributed by atoms with Crippen molar-refractivity contribution in [1.82, 2.24) is 19.6 Å². The second-order valence-corrected chi connectivity index (χ2v) is 6.82. The van der Waals surface area contributed by atoms with E-state index in [1.807, 2.05) is 0 Å². The van der Waals surface area contributed by atoms with Gasteiger partial charge in [-0.1, -0.05) is 18.2 Å². The fraction of sp³-hybridized carbons (Fsp3) is 0.111. The number of thiazole rings is 1. The fourth-order valence-corrected chi connectivity index (χ4v) is 3.53. The van der Waals surface area contributed by atoms with Crippen LogP contribution in [-0.4, -0.2) is 25.5 Å². The molecule has 3 heterocycles. The largest absolute Gasteiger partial charge is 0.298 e. The maximum absolute atomic E-state index is 13.8. The van der Waals surface area contributed by atoms with Crippen molar-refractivity contribution in [3.63, 3.8) is 0 Å². The van der Waals surface area contributed by atoms with E-state index < -0.39 is 0 Å². The van der Waals surface area contributed by atoms with Crippen LogP contribution in [0.25, 0.3) is 5.65 Å². The van der Waals surface area contributed by atoms with Crippen LogP contribution in [0.15, 0.2) is 48.9 Å². The van der Waals surface area contributed by atoms with Crippen molar-refractivity contribution in [1.29, 1.82) is 0 Å². The molecule has 0 radical (unpaired) electrons. The summed E-state index contributed by atoms with van der Waals surface area (Å²) in [7, 11) is 0. The van der Waals surface area contributed by atoms with Crippen LogP contribution in [0.3, 0.4) is 0 Å². The van der Waals surface area contributed by atoms with E-state index in [9.17, 15) is 9.18 Å². The molecule has 4 aromatic rings. The van der Waals surface area contributed by atoms with Crippen LogP contribution in [0.4, 0.5) is 9.52 Å². The molecule has 0 bridgehead atoms. The van der Waals surface area contributed by atoms with Gasteiger partial charge >= 0.3 is 0 Å². The number of aryl methyl sites for hydroxylation is 1. The summed E-state index contributed by atoms with van der Waals surface area (Å²) in [5, 5.41) is 7.52. The molecule has 0 saturated heterocycles. The highest BCUT2D eigenvalue weighted by atomic mass is 32.1. The highest BCUT2D eigenvalue weighted by Crippen LogP contribution is 2.23. The molecule has 0 aliphatic carbocycles. The number of benzene rings is 1. The molecule has 0 saturated carbocycles. The minimum atomic E-state index is -0.317. The molecule has 0 aliphatic heterocycles. The summed E-state index contributed by atoms with van der Waals surface area (Å²) in [6.45, 7) is 1.76. The van der Waals surface area contributed by atoms with Gasteiger partial charge in [0.15, 0.2) is 10.8 Å². The number of halogens is 1. The van der Waals surface area contributed by atoms with Crippen LogP contribution < -0.4 is 5.32 Å². The summed E-state index contributed by atoms with van der Waals surface area (Å²) in [5.41, 5.74) is 2.09. The molecule has 130 valence electrons. The summed E-state index contributed by atoms with van der Waals surface area (Å²) in [6, 6.07) is 8.37. The first-order chi connectivity index (χ1) is 12.6. The zero-order valence-corrected chi connectivity index (χ0v) is 14.6. The number of hydrogen-bond acceptors (Lipinski definition) is 5. The quantitative estimate of drug-likeness (QED) is 0.599. The van der Waals surface area contributed by atoms with Crippen molar-refractivity contribution in [3.8, 4) is 0 Å². The van der Waals surface area contributed by atoms with Gasteiger partial charge in [-0.25, -0.2) is 18.9 Å². The highest BCUT2D eigenvalue weighted by molar-refractivity contribution is 7.15. The van der Waals surface area contributed by atoms with Gasteiger partial charge in [0.2, 0.25) is 0 Å². The number of carbonyl (C=O) groups excluding carboxylic acids is 1. The third-order valence-corrected chi connectivity index (χ3v) is 4.81. The number of nitrogens with zero attached hydrogens (tertiary/aromatic N) is 4. The first-order valence-corrected chi connectivity index (χ1v) is 8.73. The smallest absolute Gasteiger partial charge is 0.263 e. The zero-order valence-electron chi connectivity index (χ0n) is 13.8. The predicted molar refractivity (Wildman–Crippen MR) is 97.0 cm³/mol. The Bertz CT molecular complexity index is 1100. The van der Waals surface area contributed by atoms with Crippen molar-refractivity contribution in [2.75, 3.05) is 5.32 Å². The zero-order chi connectivity index (χ0) is 18.1. The lowest BCUT2D eigenvalue weighted by Crippen LogP contribution is -2.13. The number of aromatic nitrogens is 4. The molecule has 8 heteroatoms. The second-order valence-electron chi connectivity index (χ2n) is 5.70. The first kappa shape index (κ1) is 16.3. The molecule has 6 nitrogen and oxygen atoms in total. The molecule has 0 aliphatic rings. The van der Waals surface area contributed by atoms with Gasteiger partial charge in [-0.2, -0.15) is 5.10 Å². The third-order valence-electron chi connectivity index (χ3n) is 3.89. The SMILES string of the molecule is Cc1nn2cccnc2c1C(=O)Nc1ncc(Cc2ccccc2F)s1. The van der Waals surface area contributed by atoms with E-state index in [-0.39, 0.29) is 11.7 Å². The molecular weight excluding hydrogens is 353 g/mol. The lowest BCUT2D eigenvalue weighted by Gasteiger charge is -2.01. The van der Waals surface area contributed by atoms with Crippen molar-refractivity contribution < 1.29 is 9.18 Å². The van der Waals surface area contributed by atoms with Gasteiger partial charge in [-0.05, 0) is 24.6 Å². The lowest BCUT2D eigenvalue weighted by molar-refractivity contribution is 0.102. The van der Waals surface area contributed by atoms with E-state index >= 15 is 0 Å². The van der Waals surface area contributed by atoms with Crippen LogP contribution in [0.2, 0.25) is 0 Å². The summed E-state index contributed by atoms with van der Waals surface area (Å²) < 4.78 is 15.3. The summed E-state index contributed by atoms with van der Waals surface area (Å²) >= 11 is 1.32. The maximum Gasteiger partial charge on any atom is 0.263 e. The maximum atomic E-state index is 13.8. The molecule has 1 amide bonds. The Hall–Kier alpha value is -3.13. The molecule has 4 rings (SSSR count). The van der Waals surface area contributed by atoms with Crippen LogP contribution in [0.5, 0.6) is 0 Å². The van der Waals surface area contributed by atoms with E-state index in [1.54, 1.807) is 54.3 Å². The van der Waals surface area contributed by atoms with Crippen LogP contribution >= 0.6 is 11.3 Å². The van der Waals surface area contributed by atoms with E-state index in [0.717, 1.165) is 4.88 Å². The van der Waals surface area contributed by atoms with Gasteiger partial charge < -0.3 is 0 Å². The topological polar surface area (TPSA) is 72.2 Å². The predicted octanol–water partition coefficient (Wildman–Crippen LogP) is 3.48. The molecule has 0 unspecified atom stereocenters. The van der Waals surface area contributed by atoms with Crippen LogP contribution in [0, 0.1) is 12.7 Å². The van der Waals surface area contributed by atoms with E-state index in [0.29, 0.717) is 34.0 Å². The van der Waals surface area contributed by atoms with Crippen molar-refractivity contribution >= 4 is 28.0 Å². The number of rotatable bonds is 4. The monoisotopic (exact) mass is 367 g/mol. The Kier molecular flexibility index (Phi) is 4.18. The van der Waals surface area contributed by atoms with Gasteiger partial charge in [0, 0.05) is 29.9 Å². The number of amides is 1. The number of nitrogens with one attached hydrogen (secondary N) is 1. The number of hydrogen-bond donors (Lipinski definition) is 1. The number of fused-ring (bicyclic) bond motifs is 1. The molecule has 1 N–H and O–H groups in total. The first-order valence-electron chi connectivity index (χ1n) is 7.91. The van der Waals surface area contributed by atoms with Crippen LogP contribution in [0.1, 0.15) is 26.5 Å². The van der Waals surface area contributed by atoms with Crippen LogP contribution in [-0.2, 0) is 6.42 Å². The lowest BCUT2D eigenvalue weighted by atomic mass is 10.1. The summed E-state index contributed by atoms with van der Waals surface area (Å²) in [4.78, 5) is 21.9. The van der Waals surface area contributed by atoms with E-state index in [2.05, 4.69) is 20.4 Å². The fourth-order valence-electron chi connectivity index (χ4n) is 2.70. The standard InChI is InChI=1S/C18H14FN5OS/c1-11-15(16-20-7-4-8-24(16)23-11)17(25)22-18-21-10-13(26-18)9-12-5-2-3-6-14(12)19/h2-8,10H,9H2,1H3,(H,21,22,25). The molecular formula is C18H14FN5OS. The summed E-state index contributed by atoms with van der Waals surface area (Å²) in [5.74, 6) is -0.567. The van der Waals surface area contributed by atoms with E-state index in [4.69, 9.17) is 0 Å². The van der Waals surface area contributed by atoms with Gasteiger partial charge in [0.05, 0.1) is 5.69 Å². The molecule has 0 atom stereocenters. The molecule has 1 aromatic carbocycles. The average Bonchev–Trinajstić information content (AvgIpc) is 3.19. The molecule has 0 spiro atoms. The van der Waals surface area contributed by atoms with Crippen molar-refractivity contribution in [2.45, 2.75) is 13.3 Å². The van der Waals surface area contributed by atoms with Gasteiger partial charge in [-0.3, -0.25) is 10.1 Å². The molecule has 3 aromatic heterocycles. The Labute approximate surface area is 152 Å². The third kappa shape index (κ3) is 3.06. The normalized spacial score (nSPS) is 11.0. The second kappa shape index (κ2) is 6.64. The minimum absolute atomic E-state index is 0.250. The Balaban J connectivity index is 1.54. The Morgan fingerprint density at radius 2 is 2.12 bits per heavy atom. The molecule has 26 heavy (non-hydrogen) atoms. The number of anilines is 1. The number of carbonyl (C=O) groups is 1. The summed E-state index contributed by atoms with van der Waals surface area (Å²) in [6.07, 6.45) is 5.43. The minimum Gasteiger partial charge on any atom is -0.298 e. The van der Waals surface area contributed by atoms with Crippen molar-refractivity contribution in [3.05, 3.63) is 76.4 Å². The Morgan fingerprint density at radius 1 is 1.27 bits per heavy atom. The molecule has 0 fully saturated rings. The van der Waals surface area contributed by atoms with Gasteiger partial charge in [0.25, 0.3) is 5.91 Å².